The Morgan fingerprint density at radius 1 is 1.65 bits per heavy atom. The van der Waals surface area contributed by atoms with Crippen LogP contribution in [0.25, 0.3) is 0 Å². The van der Waals surface area contributed by atoms with E-state index in [0.717, 1.165) is 18.2 Å². The molecule has 0 bridgehead atoms. The van der Waals surface area contributed by atoms with Gasteiger partial charge in [-0.25, -0.2) is 4.39 Å². The summed E-state index contributed by atoms with van der Waals surface area (Å²) in [6.45, 7) is 1.61. The van der Waals surface area contributed by atoms with Crippen LogP contribution in [0.1, 0.15) is 23.7 Å². The fourth-order valence-corrected chi connectivity index (χ4v) is 1.39. The van der Waals surface area contributed by atoms with Gasteiger partial charge < -0.3 is 0 Å². The van der Waals surface area contributed by atoms with E-state index in [2.05, 4.69) is 0 Å². The van der Waals surface area contributed by atoms with Gasteiger partial charge in [0, 0.05) is 6.07 Å². The molecule has 1 aromatic rings. The number of benzene rings is 1. The summed E-state index contributed by atoms with van der Waals surface area (Å²) in [6.07, 6.45) is 0.225. The molecule has 5 nitrogen and oxygen atoms in total. The van der Waals surface area contributed by atoms with E-state index in [1.54, 1.807) is 13.0 Å². The number of carbonyl (C=O) groups is 1. The number of hydrogen-bond acceptors (Lipinski definition) is 4. The lowest BCUT2D eigenvalue weighted by Gasteiger charge is -2.05. The van der Waals surface area contributed by atoms with E-state index in [0.29, 0.717) is 0 Å². The minimum absolute atomic E-state index is 0.225. The van der Waals surface area contributed by atoms with E-state index >= 15 is 0 Å². The molecule has 88 valence electrons. The Kier molecular flexibility index (Phi) is 3.88. The fraction of sp³-hybridized carbons (Fsp3) is 0.273. The number of nitro benzene ring substituents is 1. The van der Waals surface area contributed by atoms with Crippen molar-refractivity contribution in [2.45, 2.75) is 13.3 Å². The minimum atomic E-state index is -0.990. The molecule has 0 aromatic heterocycles. The van der Waals surface area contributed by atoms with Crippen LogP contribution in [0.15, 0.2) is 18.2 Å². The highest BCUT2D eigenvalue weighted by atomic mass is 19.1. The number of nitrogens with zero attached hydrogens (tertiary/aromatic N) is 2. The number of carbonyl (C=O) groups excluding carboxylic acids is 1. The number of halogens is 1. The first-order chi connectivity index (χ1) is 8.01. The van der Waals surface area contributed by atoms with Gasteiger partial charge in [0.05, 0.1) is 16.6 Å². The zero-order valence-corrected chi connectivity index (χ0v) is 9.01. The maximum Gasteiger partial charge on any atom is 0.280 e. The van der Waals surface area contributed by atoms with Gasteiger partial charge in [0.2, 0.25) is 0 Å². The SMILES string of the molecule is CCC(C#N)C(=O)c1cc(F)ccc1[N+](=O)[O-]. The highest BCUT2D eigenvalue weighted by molar-refractivity contribution is 6.02. The van der Waals surface area contributed by atoms with Gasteiger partial charge in [-0.3, -0.25) is 14.9 Å². The summed E-state index contributed by atoms with van der Waals surface area (Å²) in [4.78, 5) is 21.7. The van der Waals surface area contributed by atoms with Crippen LogP contribution < -0.4 is 0 Å². The van der Waals surface area contributed by atoms with Crippen molar-refractivity contribution in [2.24, 2.45) is 5.92 Å². The second kappa shape index (κ2) is 5.16. The van der Waals surface area contributed by atoms with Crippen molar-refractivity contribution < 1.29 is 14.1 Å². The highest BCUT2D eigenvalue weighted by Gasteiger charge is 2.26. The first-order valence-corrected chi connectivity index (χ1v) is 4.89. The van der Waals surface area contributed by atoms with Gasteiger partial charge in [-0.2, -0.15) is 5.26 Å². The number of hydrogen-bond donors (Lipinski definition) is 0. The summed E-state index contributed by atoms with van der Waals surface area (Å²) in [7, 11) is 0. The van der Waals surface area contributed by atoms with E-state index in [1.807, 2.05) is 0 Å². The molecular formula is C11H9FN2O3. The summed E-state index contributed by atoms with van der Waals surface area (Å²) < 4.78 is 13.0. The Balaban J connectivity index is 3.29. The number of ketones is 1. The van der Waals surface area contributed by atoms with Crippen LogP contribution in [0.2, 0.25) is 0 Å². The van der Waals surface area contributed by atoms with E-state index in [-0.39, 0.29) is 12.0 Å². The maximum absolute atomic E-state index is 13.0. The zero-order valence-electron chi connectivity index (χ0n) is 9.01. The fourth-order valence-electron chi connectivity index (χ4n) is 1.39. The zero-order chi connectivity index (χ0) is 13.0. The number of Topliss-reactive ketones (excluding diaryl/α,β-unsaturated/α-hetero) is 1. The Morgan fingerprint density at radius 3 is 2.76 bits per heavy atom. The molecular weight excluding hydrogens is 227 g/mol. The van der Waals surface area contributed by atoms with Crippen molar-refractivity contribution >= 4 is 11.5 Å². The molecule has 0 amide bonds. The summed E-state index contributed by atoms with van der Waals surface area (Å²) in [5, 5.41) is 19.4. The van der Waals surface area contributed by atoms with Crippen LogP contribution in [0.3, 0.4) is 0 Å². The smallest absolute Gasteiger partial charge is 0.280 e. The third kappa shape index (κ3) is 2.64. The predicted molar refractivity (Wildman–Crippen MR) is 56.8 cm³/mol. The lowest BCUT2D eigenvalue weighted by Crippen LogP contribution is -2.14. The average Bonchev–Trinajstić information content (AvgIpc) is 2.29. The van der Waals surface area contributed by atoms with Gasteiger partial charge >= 0.3 is 0 Å². The van der Waals surface area contributed by atoms with Crippen molar-refractivity contribution in [2.75, 3.05) is 0 Å². The lowest BCUT2D eigenvalue weighted by atomic mass is 9.95. The molecule has 0 fully saturated rings. The Labute approximate surface area is 96.6 Å². The monoisotopic (exact) mass is 236 g/mol. The standard InChI is InChI=1S/C11H9FN2O3/c1-2-7(6-13)11(15)9-5-8(12)3-4-10(9)14(16)17/h3-5,7H,2H2,1H3. The van der Waals surface area contributed by atoms with Crippen LogP contribution in [0.4, 0.5) is 10.1 Å². The van der Waals surface area contributed by atoms with Crippen molar-refractivity contribution in [3.8, 4) is 6.07 Å². The van der Waals surface area contributed by atoms with Gasteiger partial charge in [0.15, 0.2) is 5.78 Å². The van der Waals surface area contributed by atoms with Gasteiger partial charge in [0.1, 0.15) is 11.7 Å². The number of rotatable bonds is 4. The van der Waals surface area contributed by atoms with Gasteiger partial charge in [-0.1, -0.05) is 6.92 Å². The summed E-state index contributed by atoms with van der Waals surface area (Å²) >= 11 is 0. The number of nitro groups is 1. The molecule has 1 aromatic carbocycles. The molecule has 17 heavy (non-hydrogen) atoms. The average molecular weight is 236 g/mol. The second-order valence-electron chi connectivity index (χ2n) is 3.37. The van der Waals surface area contributed by atoms with Crippen molar-refractivity contribution in [3.05, 3.63) is 39.7 Å². The van der Waals surface area contributed by atoms with E-state index in [9.17, 15) is 19.3 Å². The molecule has 0 N–H and O–H groups in total. The quantitative estimate of drug-likeness (QED) is 0.456. The molecule has 1 rings (SSSR count). The van der Waals surface area contributed by atoms with Crippen molar-refractivity contribution in [1.82, 2.24) is 0 Å². The third-order valence-electron chi connectivity index (χ3n) is 2.30. The molecule has 0 aliphatic heterocycles. The molecule has 0 spiro atoms. The molecule has 1 atom stereocenters. The summed E-state index contributed by atoms with van der Waals surface area (Å²) in [5.74, 6) is -2.46. The Bertz CT molecular complexity index is 508. The van der Waals surface area contributed by atoms with E-state index < -0.39 is 28.1 Å². The normalized spacial score (nSPS) is 11.6. The van der Waals surface area contributed by atoms with Crippen LogP contribution in [-0.4, -0.2) is 10.7 Å². The Morgan fingerprint density at radius 2 is 2.29 bits per heavy atom. The van der Waals surface area contributed by atoms with Crippen molar-refractivity contribution in [3.63, 3.8) is 0 Å². The largest absolute Gasteiger partial charge is 0.292 e. The summed E-state index contributed by atoms with van der Waals surface area (Å²) in [6, 6.07) is 4.36. The molecule has 0 saturated heterocycles. The van der Waals surface area contributed by atoms with Crippen LogP contribution >= 0.6 is 0 Å². The second-order valence-corrected chi connectivity index (χ2v) is 3.37. The van der Waals surface area contributed by atoms with E-state index in [4.69, 9.17) is 5.26 Å². The first kappa shape index (κ1) is 12.8. The molecule has 0 aliphatic rings. The summed E-state index contributed by atoms with van der Waals surface area (Å²) in [5.41, 5.74) is -0.839. The third-order valence-corrected chi connectivity index (χ3v) is 2.30. The van der Waals surface area contributed by atoms with Crippen LogP contribution in [0, 0.1) is 33.2 Å². The van der Waals surface area contributed by atoms with Gasteiger partial charge in [-0.15, -0.1) is 0 Å². The molecule has 0 radical (unpaired) electrons. The highest BCUT2D eigenvalue weighted by Crippen LogP contribution is 2.23. The van der Waals surface area contributed by atoms with Crippen LogP contribution in [-0.2, 0) is 0 Å². The maximum atomic E-state index is 13.0. The first-order valence-electron chi connectivity index (χ1n) is 4.89. The molecule has 1 unspecified atom stereocenters. The lowest BCUT2D eigenvalue weighted by molar-refractivity contribution is -0.385. The van der Waals surface area contributed by atoms with Gasteiger partial charge in [0.25, 0.3) is 5.69 Å². The predicted octanol–water partition coefficient (Wildman–Crippen LogP) is 2.47. The molecule has 6 heteroatoms. The van der Waals surface area contributed by atoms with Gasteiger partial charge in [-0.05, 0) is 18.6 Å². The Hall–Kier alpha value is -2.29. The molecule has 0 saturated carbocycles. The number of nitriles is 1. The molecule has 0 heterocycles. The van der Waals surface area contributed by atoms with Crippen LogP contribution in [0.5, 0.6) is 0 Å². The minimum Gasteiger partial charge on any atom is -0.292 e. The van der Waals surface area contributed by atoms with Crippen molar-refractivity contribution in [1.29, 1.82) is 5.26 Å². The topological polar surface area (TPSA) is 84.0 Å². The molecule has 0 aliphatic carbocycles. The van der Waals surface area contributed by atoms with E-state index in [1.165, 1.54) is 0 Å².